The number of aromatic nitrogens is 1. The van der Waals surface area contributed by atoms with Crippen LogP contribution in [0.25, 0.3) is 10.2 Å². The van der Waals surface area contributed by atoms with Gasteiger partial charge in [0, 0.05) is 0 Å². The Balaban J connectivity index is 1.58. The maximum atomic E-state index is 13.2. The fraction of sp³-hybridized carbons (Fsp3) is 0.217. The van der Waals surface area contributed by atoms with Crippen LogP contribution in [-0.4, -0.2) is 17.4 Å². The summed E-state index contributed by atoms with van der Waals surface area (Å²) in [4.78, 5) is 19.7. The van der Waals surface area contributed by atoms with E-state index in [1.165, 1.54) is 0 Å². The Labute approximate surface area is 174 Å². The molecule has 0 spiro atoms. The van der Waals surface area contributed by atoms with Gasteiger partial charge in [-0.3, -0.25) is 15.0 Å². The van der Waals surface area contributed by atoms with Gasteiger partial charge in [0.25, 0.3) is 0 Å². The third-order valence-electron chi connectivity index (χ3n) is 4.85. The van der Waals surface area contributed by atoms with Crippen LogP contribution in [0.3, 0.4) is 0 Å². The van der Waals surface area contributed by atoms with Crippen LogP contribution in [0.5, 0.6) is 0 Å². The van der Waals surface area contributed by atoms with Crippen molar-refractivity contribution >= 4 is 32.6 Å². The molecule has 0 aliphatic carbocycles. The third kappa shape index (κ3) is 4.39. The lowest BCUT2D eigenvalue weighted by Gasteiger charge is -2.21. The molecule has 0 saturated carbocycles. The summed E-state index contributed by atoms with van der Waals surface area (Å²) in [5.41, 5.74) is 3.13. The molecule has 2 heterocycles. The number of anilines is 1. The SMILES string of the molecule is Cc1cccc2sc(N(Cc3ccccc3)C(=O)CN[C@@H](C)c3ccco3)nc12. The van der Waals surface area contributed by atoms with Crippen molar-refractivity contribution in [3.63, 3.8) is 0 Å². The van der Waals surface area contributed by atoms with Crippen LogP contribution >= 0.6 is 11.3 Å². The van der Waals surface area contributed by atoms with E-state index in [-0.39, 0.29) is 18.5 Å². The van der Waals surface area contributed by atoms with Crippen LogP contribution in [0.2, 0.25) is 0 Å². The molecule has 0 aliphatic rings. The van der Waals surface area contributed by atoms with E-state index in [1.54, 1.807) is 22.5 Å². The lowest BCUT2D eigenvalue weighted by molar-refractivity contribution is -0.118. The summed E-state index contributed by atoms with van der Waals surface area (Å²) in [6.07, 6.45) is 1.64. The Morgan fingerprint density at radius 3 is 2.69 bits per heavy atom. The molecule has 0 saturated heterocycles. The molecule has 0 aliphatic heterocycles. The number of carbonyl (C=O) groups is 1. The van der Waals surface area contributed by atoms with Crippen LogP contribution in [0.4, 0.5) is 5.13 Å². The summed E-state index contributed by atoms with van der Waals surface area (Å²) in [5.74, 6) is 0.784. The summed E-state index contributed by atoms with van der Waals surface area (Å²) in [7, 11) is 0. The molecule has 0 radical (unpaired) electrons. The number of furan rings is 1. The molecule has 29 heavy (non-hydrogen) atoms. The smallest absolute Gasteiger partial charge is 0.243 e. The van der Waals surface area contributed by atoms with Gasteiger partial charge in [0.05, 0.1) is 35.6 Å². The second kappa shape index (κ2) is 8.59. The molecular weight excluding hydrogens is 382 g/mol. The predicted molar refractivity (Wildman–Crippen MR) is 117 cm³/mol. The van der Waals surface area contributed by atoms with Crippen LogP contribution in [0, 0.1) is 6.92 Å². The molecule has 4 aromatic rings. The van der Waals surface area contributed by atoms with E-state index >= 15 is 0 Å². The minimum Gasteiger partial charge on any atom is -0.468 e. The largest absolute Gasteiger partial charge is 0.468 e. The Morgan fingerprint density at radius 2 is 1.97 bits per heavy atom. The van der Waals surface area contributed by atoms with E-state index in [2.05, 4.69) is 5.32 Å². The van der Waals surface area contributed by atoms with Crippen molar-refractivity contribution in [1.29, 1.82) is 0 Å². The minimum absolute atomic E-state index is 0.0241. The zero-order valence-corrected chi connectivity index (χ0v) is 17.3. The maximum Gasteiger partial charge on any atom is 0.243 e. The first-order valence-electron chi connectivity index (χ1n) is 9.59. The first kappa shape index (κ1) is 19.4. The molecular formula is C23H23N3O2S. The summed E-state index contributed by atoms with van der Waals surface area (Å²) in [6.45, 7) is 4.70. The van der Waals surface area contributed by atoms with Gasteiger partial charge in [-0.1, -0.05) is 53.8 Å². The number of aryl methyl sites for hydroxylation is 1. The number of nitrogens with one attached hydrogen (secondary N) is 1. The topological polar surface area (TPSA) is 58.4 Å². The molecule has 1 amide bonds. The number of para-hydroxylation sites is 1. The standard InChI is InChI=1S/C23H23N3O2S/c1-16-8-6-12-20-22(16)25-23(29-20)26(15-18-9-4-3-5-10-18)21(27)14-24-17(2)19-11-7-13-28-19/h3-13,17,24H,14-15H2,1-2H3/t17-/m0/s1. The molecule has 148 valence electrons. The Kier molecular flexibility index (Phi) is 5.74. The molecule has 6 heteroatoms. The van der Waals surface area contributed by atoms with Crippen molar-refractivity contribution in [2.24, 2.45) is 0 Å². The van der Waals surface area contributed by atoms with Crippen LogP contribution in [0.1, 0.15) is 29.9 Å². The van der Waals surface area contributed by atoms with Crippen molar-refractivity contribution in [1.82, 2.24) is 10.3 Å². The number of hydrogen-bond acceptors (Lipinski definition) is 5. The van der Waals surface area contributed by atoms with Gasteiger partial charge in [0.15, 0.2) is 5.13 Å². The lowest BCUT2D eigenvalue weighted by atomic mass is 10.2. The summed E-state index contributed by atoms with van der Waals surface area (Å²) in [6, 6.07) is 19.8. The lowest BCUT2D eigenvalue weighted by Crippen LogP contribution is -2.38. The Bertz CT molecular complexity index is 1090. The highest BCUT2D eigenvalue weighted by atomic mass is 32.1. The first-order chi connectivity index (χ1) is 14.1. The van der Waals surface area contributed by atoms with Gasteiger partial charge >= 0.3 is 0 Å². The second-order valence-corrected chi connectivity index (χ2v) is 8.01. The average molecular weight is 406 g/mol. The number of thiazole rings is 1. The van der Waals surface area contributed by atoms with E-state index in [9.17, 15) is 4.79 Å². The van der Waals surface area contributed by atoms with Crippen LogP contribution < -0.4 is 10.2 Å². The molecule has 0 bridgehead atoms. The maximum absolute atomic E-state index is 13.2. The second-order valence-electron chi connectivity index (χ2n) is 7.00. The number of fused-ring (bicyclic) bond motifs is 1. The highest BCUT2D eigenvalue weighted by Gasteiger charge is 2.21. The number of benzene rings is 2. The molecule has 2 aromatic carbocycles. The van der Waals surface area contributed by atoms with Crippen LogP contribution in [-0.2, 0) is 11.3 Å². The normalized spacial score (nSPS) is 12.2. The predicted octanol–water partition coefficient (Wildman–Crippen LogP) is 5.08. The highest BCUT2D eigenvalue weighted by Crippen LogP contribution is 2.31. The van der Waals surface area contributed by atoms with E-state index < -0.39 is 0 Å². The summed E-state index contributed by atoms with van der Waals surface area (Å²) < 4.78 is 6.51. The summed E-state index contributed by atoms with van der Waals surface area (Å²) in [5, 5.41) is 3.98. The van der Waals surface area contributed by atoms with Crippen LogP contribution in [0.15, 0.2) is 71.3 Å². The van der Waals surface area contributed by atoms with E-state index in [0.717, 1.165) is 32.2 Å². The molecule has 1 atom stereocenters. The van der Waals surface area contributed by atoms with Crippen molar-refractivity contribution in [3.8, 4) is 0 Å². The van der Waals surface area contributed by atoms with Gasteiger partial charge in [0.2, 0.25) is 5.91 Å². The minimum atomic E-state index is -0.0508. The zero-order chi connectivity index (χ0) is 20.2. The van der Waals surface area contributed by atoms with Gasteiger partial charge in [-0.15, -0.1) is 0 Å². The number of nitrogens with zero attached hydrogens (tertiary/aromatic N) is 2. The fourth-order valence-electron chi connectivity index (χ4n) is 3.19. The van der Waals surface area contributed by atoms with Gasteiger partial charge in [-0.2, -0.15) is 0 Å². The molecule has 0 unspecified atom stereocenters. The van der Waals surface area contributed by atoms with Gasteiger partial charge in [-0.05, 0) is 43.2 Å². The quantitative estimate of drug-likeness (QED) is 0.466. The average Bonchev–Trinajstić information content (AvgIpc) is 3.41. The number of rotatable bonds is 7. The van der Waals surface area contributed by atoms with E-state index in [1.807, 2.05) is 74.5 Å². The molecule has 5 nitrogen and oxygen atoms in total. The van der Waals surface area contributed by atoms with Gasteiger partial charge in [0.1, 0.15) is 5.76 Å². The molecule has 0 fully saturated rings. The van der Waals surface area contributed by atoms with E-state index in [4.69, 9.17) is 9.40 Å². The number of hydrogen-bond donors (Lipinski definition) is 1. The first-order valence-corrected chi connectivity index (χ1v) is 10.4. The number of carbonyl (C=O) groups excluding carboxylic acids is 1. The number of amides is 1. The van der Waals surface area contributed by atoms with E-state index in [0.29, 0.717) is 6.54 Å². The van der Waals surface area contributed by atoms with Crippen molar-refractivity contribution in [2.75, 3.05) is 11.4 Å². The molecule has 4 rings (SSSR count). The Hall–Kier alpha value is -2.96. The highest BCUT2D eigenvalue weighted by molar-refractivity contribution is 7.22. The van der Waals surface area contributed by atoms with Crippen molar-refractivity contribution in [3.05, 3.63) is 83.8 Å². The molecule has 1 N–H and O–H groups in total. The Morgan fingerprint density at radius 1 is 1.14 bits per heavy atom. The van der Waals surface area contributed by atoms with Crippen molar-refractivity contribution < 1.29 is 9.21 Å². The molecule has 2 aromatic heterocycles. The summed E-state index contributed by atoms with van der Waals surface area (Å²) >= 11 is 1.55. The fourth-order valence-corrected chi connectivity index (χ4v) is 4.25. The monoisotopic (exact) mass is 405 g/mol. The van der Waals surface area contributed by atoms with Gasteiger partial charge in [-0.25, -0.2) is 4.98 Å². The van der Waals surface area contributed by atoms with Gasteiger partial charge < -0.3 is 4.42 Å². The zero-order valence-electron chi connectivity index (χ0n) is 16.5. The third-order valence-corrected chi connectivity index (χ3v) is 5.90. The van der Waals surface area contributed by atoms with Crippen molar-refractivity contribution in [2.45, 2.75) is 26.4 Å².